The summed E-state index contributed by atoms with van der Waals surface area (Å²) in [6, 6.07) is 13.5. The molecule has 132 valence electrons. The molecule has 1 saturated heterocycles. The molecule has 26 heavy (non-hydrogen) atoms. The van der Waals surface area contributed by atoms with E-state index in [9.17, 15) is 0 Å². The Balaban J connectivity index is 1.48. The number of aromatic nitrogens is 2. The summed E-state index contributed by atoms with van der Waals surface area (Å²) in [7, 11) is 0. The maximum Gasteiger partial charge on any atom is 0.109 e. The van der Waals surface area contributed by atoms with Gasteiger partial charge in [-0.2, -0.15) is 0 Å². The maximum absolute atomic E-state index is 4.64. The van der Waals surface area contributed by atoms with Crippen LogP contribution in [0.4, 0.5) is 5.69 Å². The summed E-state index contributed by atoms with van der Waals surface area (Å²) in [5.41, 5.74) is 4.86. The molecule has 0 aliphatic carbocycles. The summed E-state index contributed by atoms with van der Waals surface area (Å²) in [6.45, 7) is 5.67. The average molecular weight is 344 g/mol. The van der Waals surface area contributed by atoms with Gasteiger partial charge in [-0.05, 0) is 30.5 Å². The predicted molar refractivity (Wildman–Crippen MR) is 106 cm³/mol. The number of rotatable bonds is 3. The number of benzene rings is 1. The topological polar surface area (TPSA) is 33.4 Å². The van der Waals surface area contributed by atoms with Crippen LogP contribution in [0.3, 0.4) is 0 Å². The Labute approximate surface area is 154 Å². The van der Waals surface area contributed by atoms with Crippen LogP contribution < -0.4 is 0 Å². The molecular weight excluding hydrogens is 320 g/mol. The van der Waals surface area contributed by atoms with E-state index in [0.29, 0.717) is 12.0 Å². The monoisotopic (exact) mass is 344 g/mol. The van der Waals surface area contributed by atoms with E-state index in [1.54, 1.807) is 0 Å². The normalized spacial score (nSPS) is 22.8. The summed E-state index contributed by atoms with van der Waals surface area (Å²) >= 11 is 0. The number of pyridine rings is 1. The Morgan fingerprint density at radius 1 is 1.15 bits per heavy atom. The van der Waals surface area contributed by atoms with Crippen LogP contribution in [-0.4, -0.2) is 33.8 Å². The fourth-order valence-electron chi connectivity index (χ4n) is 4.42. The summed E-state index contributed by atoms with van der Waals surface area (Å²) < 4.78 is 2.47. The van der Waals surface area contributed by atoms with Gasteiger partial charge < -0.3 is 4.57 Å². The lowest BCUT2D eigenvalue weighted by molar-refractivity contribution is 0.129. The summed E-state index contributed by atoms with van der Waals surface area (Å²) in [6.07, 6.45) is 8.33. The van der Waals surface area contributed by atoms with E-state index in [4.69, 9.17) is 0 Å². The van der Waals surface area contributed by atoms with Gasteiger partial charge >= 0.3 is 0 Å². The summed E-state index contributed by atoms with van der Waals surface area (Å²) in [5.74, 6) is 0.659. The highest BCUT2D eigenvalue weighted by Crippen LogP contribution is 2.37. The maximum atomic E-state index is 4.64. The van der Waals surface area contributed by atoms with Gasteiger partial charge in [-0.3, -0.25) is 14.9 Å². The van der Waals surface area contributed by atoms with Gasteiger partial charge in [-0.1, -0.05) is 37.3 Å². The first-order chi connectivity index (χ1) is 12.8. The molecule has 0 spiro atoms. The molecule has 4 heteroatoms. The zero-order valence-corrected chi connectivity index (χ0v) is 15.2. The first-order valence-electron chi connectivity index (χ1n) is 9.57. The zero-order chi connectivity index (χ0) is 17.5. The molecule has 0 radical (unpaired) electrons. The molecule has 2 aromatic heterocycles. The zero-order valence-electron chi connectivity index (χ0n) is 15.2. The third-order valence-electron chi connectivity index (χ3n) is 5.92. The number of fused-ring (bicyclic) bond motifs is 3. The fourth-order valence-corrected chi connectivity index (χ4v) is 4.42. The standard InChI is InChI=1S/C22H24N4/c1-16-8-11-25(14-17-5-3-2-4-6-17)15-20(16)26-12-9-18-13-24-19-7-10-23-21(19)22(18)26/h2-6,9-10,12-13,16,20H,7-8,11,14-15H2,1H3/t16-,20+/m1/s1. The Kier molecular flexibility index (Phi) is 3.86. The molecule has 3 aromatic rings. The second kappa shape index (κ2) is 6.36. The van der Waals surface area contributed by atoms with Gasteiger partial charge in [0.1, 0.15) is 5.69 Å². The molecule has 1 fully saturated rings. The molecule has 5 rings (SSSR count). The quantitative estimate of drug-likeness (QED) is 0.706. The van der Waals surface area contributed by atoms with Gasteiger partial charge in [0.2, 0.25) is 0 Å². The van der Waals surface area contributed by atoms with E-state index in [1.807, 2.05) is 12.4 Å². The van der Waals surface area contributed by atoms with E-state index in [2.05, 4.69) is 69.0 Å². The van der Waals surface area contributed by atoms with E-state index >= 15 is 0 Å². The second-order valence-corrected chi connectivity index (χ2v) is 7.65. The van der Waals surface area contributed by atoms with Crippen LogP contribution in [0.2, 0.25) is 0 Å². The lowest BCUT2D eigenvalue weighted by Gasteiger charge is -2.38. The van der Waals surface area contributed by atoms with Crippen molar-refractivity contribution in [2.75, 3.05) is 13.1 Å². The predicted octanol–water partition coefficient (Wildman–Crippen LogP) is 4.38. The van der Waals surface area contributed by atoms with Gasteiger partial charge in [0, 0.05) is 49.5 Å². The minimum Gasteiger partial charge on any atom is -0.341 e. The average Bonchev–Trinajstić information content (AvgIpc) is 3.30. The van der Waals surface area contributed by atoms with Crippen molar-refractivity contribution in [3.63, 3.8) is 0 Å². The van der Waals surface area contributed by atoms with Gasteiger partial charge in [-0.15, -0.1) is 0 Å². The number of hydrogen-bond donors (Lipinski definition) is 0. The molecule has 0 unspecified atom stereocenters. The first kappa shape index (κ1) is 15.8. The Morgan fingerprint density at radius 3 is 2.92 bits per heavy atom. The van der Waals surface area contributed by atoms with Crippen molar-refractivity contribution in [1.29, 1.82) is 0 Å². The van der Waals surface area contributed by atoms with Crippen LogP contribution in [0.25, 0.3) is 10.9 Å². The smallest absolute Gasteiger partial charge is 0.109 e. The lowest BCUT2D eigenvalue weighted by atomic mass is 9.92. The van der Waals surface area contributed by atoms with Crippen molar-refractivity contribution >= 4 is 22.8 Å². The van der Waals surface area contributed by atoms with Crippen molar-refractivity contribution in [3.05, 3.63) is 60.0 Å². The van der Waals surface area contributed by atoms with Crippen molar-refractivity contribution < 1.29 is 0 Å². The molecular formula is C22H24N4. The van der Waals surface area contributed by atoms with Crippen LogP contribution >= 0.6 is 0 Å². The van der Waals surface area contributed by atoms with E-state index < -0.39 is 0 Å². The molecule has 2 aliphatic heterocycles. The van der Waals surface area contributed by atoms with Gasteiger partial charge in [0.25, 0.3) is 0 Å². The highest BCUT2D eigenvalue weighted by molar-refractivity contribution is 5.95. The third kappa shape index (κ3) is 2.65. The number of hydrogen-bond acceptors (Lipinski definition) is 3. The largest absolute Gasteiger partial charge is 0.341 e. The van der Waals surface area contributed by atoms with Crippen molar-refractivity contribution in [3.8, 4) is 0 Å². The molecule has 0 amide bonds. The SMILES string of the molecule is C[C@@H]1CCN(Cc2ccccc2)C[C@@H]1n1ccc2cnc3c(c21)N=CC3. The van der Waals surface area contributed by atoms with Crippen molar-refractivity contribution in [2.24, 2.45) is 10.9 Å². The Bertz CT molecular complexity index is 957. The Hall–Kier alpha value is -2.46. The first-order valence-corrected chi connectivity index (χ1v) is 9.57. The highest BCUT2D eigenvalue weighted by atomic mass is 15.2. The Morgan fingerprint density at radius 2 is 2.04 bits per heavy atom. The number of aliphatic imine (C=N–C) groups is 1. The molecule has 4 nitrogen and oxygen atoms in total. The molecule has 2 atom stereocenters. The minimum absolute atomic E-state index is 0.479. The number of piperidine rings is 1. The fraction of sp³-hybridized carbons (Fsp3) is 0.364. The third-order valence-corrected chi connectivity index (χ3v) is 5.92. The van der Waals surface area contributed by atoms with E-state index in [0.717, 1.165) is 30.9 Å². The minimum atomic E-state index is 0.479. The molecule has 0 saturated carbocycles. The van der Waals surface area contributed by atoms with Crippen LogP contribution in [-0.2, 0) is 13.0 Å². The van der Waals surface area contributed by atoms with Crippen LogP contribution in [0, 0.1) is 5.92 Å². The van der Waals surface area contributed by atoms with Gasteiger partial charge in [0.15, 0.2) is 0 Å². The van der Waals surface area contributed by atoms with Crippen LogP contribution in [0.15, 0.2) is 53.8 Å². The second-order valence-electron chi connectivity index (χ2n) is 7.65. The molecule has 2 aliphatic rings. The number of nitrogens with zero attached hydrogens (tertiary/aromatic N) is 4. The van der Waals surface area contributed by atoms with Gasteiger partial charge in [-0.25, -0.2) is 0 Å². The van der Waals surface area contributed by atoms with Crippen LogP contribution in [0.1, 0.15) is 30.6 Å². The van der Waals surface area contributed by atoms with Crippen molar-refractivity contribution in [1.82, 2.24) is 14.5 Å². The van der Waals surface area contributed by atoms with E-state index in [1.165, 1.54) is 29.4 Å². The van der Waals surface area contributed by atoms with Gasteiger partial charge in [0.05, 0.1) is 11.2 Å². The number of likely N-dealkylation sites (tertiary alicyclic amines) is 1. The molecule has 4 heterocycles. The lowest BCUT2D eigenvalue weighted by Crippen LogP contribution is -2.40. The summed E-state index contributed by atoms with van der Waals surface area (Å²) in [4.78, 5) is 11.8. The van der Waals surface area contributed by atoms with E-state index in [-0.39, 0.29) is 0 Å². The van der Waals surface area contributed by atoms with Crippen molar-refractivity contribution in [2.45, 2.75) is 32.4 Å². The van der Waals surface area contributed by atoms with Crippen LogP contribution in [0.5, 0.6) is 0 Å². The molecule has 0 N–H and O–H groups in total. The summed E-state index contributed by atoms with van der Waals surface area (Å²) in [5, 5.41) is 1.20. The molecule has 0 bridgehead atoms. The highest BCUT2D eigenvalue weighted by Gasteiger charge is 2.29. The molecule has 1 aromatic carbocycles.